The lowest BCUT2D eigenvalue weighted by atomic mass is 10.1. The predicted octanol–water partition coefficient (Wildman–Crippen LogP) is 3.07. The number of nitrogens with zero attached hydrogens (tertiary/aromatic N) is 1. The normalized spacial score (nSPS) is 18.5. The predicted molar refractivity (Wildman–Crippen MR) is 80.0 cm³/mol. The molecule has 0 N–H and O–H groups in total. The van der Waals surface area contributed by atoms with Gasteiger partial charge < -0.3 is 4.74 Å². The van der Waals surface area contributed by atoms with Crippen molar-refractivity contribution < 1.29 is 4.74 Å². The van der Waals surface area contributed by atoms with Gasteiger partial charge >= 0.3 is 0 Å². The van der Waals surface area contributed by atoms with Crippen LogP contribution in [0.5, 0.6) is 0 Å². The Morgan fingerprint density at radius 3 is 2.45 bits per heavy atom. The summed E-state index contributed by atoms with van der Waals surface area (Å²) in [6, 6.07) is 20.9. The largest absolute Gasteiger partial charge is 0.364 e. The highest BCUT2D eigenvalue weighted by molar-refractivity contribution is 5.34. The first-order valence-electron chi connectivity index (χ1n) is 6.84. The highest BCUT2D eigenvalue weighted by Gasteiger charge is 2.25. The minimum atomic E-state index is 0.321. The van der Waals surface area contributed by atoms with E-state index < -0.39 is 0 Å². The Morgan fingerprint density at radius 2 is 1.70 bits per heavy atom. The van der Waals surface area contributed by atoms with Gasteiger partial charge in [0.1, 0.15) is 6.73 Å². The zero-order valence-electron chi connectivity index (χ0n) is 11.3. The van der Waals surface area contributed by atoms with Crippen LogP contribution in [0.25, 0.3) is 0 Å². The first-order valence-corrected chi connectivity index (χ1v) is 6.84. The van der Waals surface area contributed by atoms with Crippen molar-refractivity contribution in [3.63, 3.8) is 0 Å². The Kier molecular flexibility index (Phi) is 4.13. The van der Waals surface area contributed by atoms with Crippen LogP contribution in [0.15, 0.2) is 60.7 Å². The third kappa shape index (κ3) is 3.08. The van der Waals surface area contributed by atoms with Gasteiger partial charge in [0.05, 0.1) is 19.2 Å². The van der Waals surface area contributed by atoms with E-state index in [2.05, 4.69) is 41.0 Å². The van der Waals surface area contributed by atoms with Crippen molar-refractivity contribution in [1.29, 1.82) is 0 Å². The van der Waals surface area contributed by atoms with Gasteiger partial charge in [0.15, 0.2) is 0 Å². The molecule has 1 aliphatic rings. The van der Waals surface area contributed by atoms with Crippen molar-refractivity contribution >= 4 is 0 Å². The Labute approximate surface area is 120 Å². The van der Waals surface area contributed by atoms with E-state index in [1.54, 1.807) is 0 Å². The van der Waals surface area contributed by atoms with E-state index in [9.17, 15) is 0 Å². The SMILES string of the molecule is C(#Cc1ccccc1)CN1COCC1c1ccccc1. The monoisotopic (exact) mass is 263 g/mol. The Balaban J connectivity index is 1.67. The summed E-state index contributed by atoms with van der Waals surface area (Å²) in [6.45, 7) is 2.13. The van der Waals surface area contributed by atoms with Crippen molar-refractivity contribution in [1.82, 2.24) is 4.90 Å². The second-order valence-corrected chi connectivity index (χ2v) is 4.84. The average Bonchev–Trinajstić information content (AvgIpc) is 2.98. The van der Waals surface area contributed by atoms with Crippen LogP contribution < -0.4 is 0 Å². The molecule has 0 spiro atoms. The Bertz CT molecular complexity index is 598. The molecule has 100 valence electrons. The van der Waals surface area contributed by atoms with E-state index in [1.807, 2.05) is 36.4 Å². The smallest absolute Gasteiger partial charge is 0.100 e. The topological polar surface area (TPSA) is 12.5 Å². The van der Waals surface area contributed by atoms with E-state index in [1.165, 1.54) is 5.56 Å². The van der Waals surface area contributed by atoms with Crippen molar-refractivity contribution in [3.05, 3.63) is 71.8 Å². The van der Waals surface area contributed by atoms with Crippen LogP contribution in [0.2, 0.25) is 0 Å². The molecule has 0 saturated carbocycles. The lowest BCUT2D eigenvalue weighted by Gasteiger charge is -2.19. The molecule has 2 aromatic carbocycles. The molecular weight excluding hydrogens is 246 g/mol. The number of hydrogen-bond acceptors (Lipinski definition) is 2. The summed E-state index contributed by atoms with van der Waals surface area (Å²) in [5, 5.41) is 0. The van der Waals surface area contributed by atoms with Gasteiger partial charge in [0.25, 0.3) is 0 Å². The van der Waals surface area contributed by atoms with Crippen LogP contribution in [0.3, 0.4) is 0 Å². The average molecular weight is 263 g/mol. The van der Waals surface area contributed by atoms with E-state index >= 15 is 0 Å². The molecule has 1 saturated heterocycles. The van der Waals surface area contributed by atoms with Gasteiger partial charge in [0.2, 0.25) is 0 Å². The summed E-state index contributed by atoms with van der Waals surface area (Å²) < 4.78 is 5.59. The Morgan fingerprint density at radius 1 is 1.00 bits per heavy atom. The van der Waals surface area contributed by atoms with Crippen LogP contribution in [0, 0.1) is 11.8 Å². The van der Waals surface area contributed by atoms with Crippen molar-refractivity contribution in [2.75, 3.05) is 19.9 Å². The van der Waals surface area contributed by atoms with E-state index in [4.69, 9.17) is 4.74 Å². The van der Waals surface area contributed by atoms with E-state index in [-0.39, 0.29) is 0 Å². The summed E-state index contributed by atoms with van der Waals surface area (Å²) in [5.41, 5.74) is 2.36. The lowest BCUT2D eigenvalue weighted by Crippen LogP contribution is -2.24. The number of ether oxygens (including phenoxy) is 1. The van der Waals surface area contributed by atoms with Gasteiger partial charge in [0, 0.05) is 5.56 Å². The van der Waals surface area contributed by atoms with Gasteiger partial charge in [-0.3, -0.25) is 4.90 Å². The maximum Gasteiger partial charge on any atom is 0.100 e. The minimum Gasteiger partial charge on any atom is -0.364 e. The lowest BCUT2D eigenvalue weighted by molar-refractivity contribution is 0.147. The fourth-order valence-electron chi connectivity index (χ4n) is 2.38. The standard InChI is InChI=1S/C18H17NO/c1-3-8-16(9-4-1)10-7-13-19-15-20-14-18(19)17-11-5-2-6-12-17/h1-6,8-9,11-12,18H,13-15H2. The molecule has 3 rings (SSSR count). The molecule has 2 heteroatoms. The summed E-state index contributed by atoms with van der Waals surface area (Å²) in [4.78, 5) is 2.27. The Hall–Kier alpha value is -2.08. The van der Waals surface area contributed by atoms with Gasteiger partial charge in [-0.1, -0.05) is 60.4 Å². The van der Waals surface area contributed by atoms with Crippen LogP contribution in [0.1, 0.15) is 17.2 Å². The molecule has 1 atom stereocenters. The molecule has 1 aliphatic heterocycles. The third-order valence-electron chi connectivity index (χ3n) is 3.45. The molecule has 2 nitrogen and oxygen atoms in total. The van der Waals surface area contributed by atoms with Crippen LogP contribution in [0.4, 0.5) is 0 Å². The molecule has 0 aliphatic carbocycles. The second-order valence-electron chi connectivity index (χ2n) is 4.84. The zero-order chi connectivity index (χ0) is 13.6. The minimum absolute atomic E-state index is 0.321. The third-order valence-corrected chi connectivity index (χ3v) is 3.45. The molecule has 0 bridgehead atoms. The quantitative estimate of drug-likeness (QED) is 0.772. The summed E-state index contributed by atoms with van der Waals surface area (Å²) in [7, 11) is 0. The van der Waals surface area contributed by atoms with Crippen LogP contribution in [-0.4, -0.2) is 24.8 Å². The second kappa shape index (κ2) is 6.38. The van der Waals surface area contributed by atoms with Gasteiger partial charge in [-0.15, -0.1) is 0 Å². The molecule has 20 heavy (non-hydrogen) atoms. The summed E-state index contributed by atoms with van der Waals surface area (Å²) in [5.74, 6) is 6.44. The summed E-state index contributed by atoms with van der Waals surface area (Å²) >= 11 is 0. The maximum atomic E-state index is 5.59. The van der Waals surface area contributed by atoms with Gasteiger partial charge in [-0.05, 0) is 17.7 Å². The molecule has 0 radical (unpaired) electrons. The fraction of sp³-hybridized carbons (Fsp3) is 0.222. The molecule has 1 fully saturated rings. The van der Waals surface area contributed by atoms with Crippen LogP contribution >= 0.6 is 0 Å². The van der Waals surface area contributed by atoms with Crippen molar-refractivity contribution in [3.8, 4) is 11.8 Å². The highest BCUT2D eigenvalue weighted by atomic mass is 16.5. The zero-order valence-corrected chi connectivity index (χ0v) is 11.3. The van der Waals surface area contributed by atoms with E-state index in [0.717, 1.165) is 18.7 Å². The highest BCUT2D eigenvalue weighted by Crippen LogP contribution is 2.25. The van der Waals surface area contributed by atoms with Crippen LogP contribution in [-0.2, 0) is 4.74 Å². The van der Waals surface area contributed by atoms with Gasteiger partial charge in [-0.2, -0.15) is 0 Å². The summed E-state index contributed by atoms with van der Waals surface area (Å²) in [6.07, 6.45) is 0. The molecule has 1 unspecified atom stereocenters. The number of rotatable bonds is 2. The van der Waals surface area contributed by atoms with Gasteiger partial charge in [-0.25, -0.2) is 0 Å². The first-order chi connectivity index (χ1) is 9.93. The fourth-order valence-corrected chi connectivity index (χ4v) is 2.38. The number of hydrogen-bond donors (Lipinski definition) is 0. The molecule has 2 aromatic rings. The molecule has 1 heterocycles. The van der Waals surface area contributed by atoms with Crippen molar-refractivity contribution in [2.45, 2.75) is 6.04 Å². The molecule has 0 aromatic heterocycles. The first kappa shape index (κ1) is 12.9. The number of benzene rings is 2. The molecule has 0 amide bonds. The van der Waals surface area contributed by atoms with E-state index in [0.29, 0.717) is 12.8 Å². The van der Waals surface area contributed by atoms with Crippen molar-refractivity contribution in [2.24, 2.45) is 0 Å². The molecular formula is C18H17NO. The maximum absolute atomic E-state index is 5.59.